The molecule has 0 saturated heterocycles. The molecule has 2 aliphatic carbocycles. The van der Waals surface area contributed by atoms with Gasteiger partial charge in [-0.25, -0.2) is 0 Å². The van der Waals surface area contributed by atoms with Crippen LogP contribution in [0.1, 0.15) is 368 Å². The first-order valence-electron chi connectivity index (χ1n) is 43.6. The summed E-state index contributed by atoms with van der Waals surface area (Å²) in [5.41, 5.74) is 9.29. The highest BCUT2D eigenvalue weighted by Gasteiger charge is 2.22. The quantitative estimate of drug-likeness (QED) is 0.0335. The van der Waals surface area contributed by atoms with Gasteiger partial charge in [-0.3, -0.25) is 0 Å². The molecule has 0 nitrogen and oxygen atoms in total. The van der Waals surface area contributed by atoms with Crippen LogP contribution in [-0.4, -0.2) is 0 Å². The molecule has 0 bridgehead atoms. The largest absolute Gasteiger partial charge is 0.134 e. The molecule has 0 aliphatic heterocycles. The third-order valence-corrected chi connectivity index (χ3v) is 31.5. The highest BCUT2D eigenvalue weighted by molar-refractivity contribution is 7.38. The van der Waals surface area contributed by atoms with Gasteiger partial charge in [-0.15, -0.1) is 68.0 Å². The topological polar surface area (TPSA) is 0 Å². The third kappa shape index (κ3) is 22.5. The van der Waals surface area contributed by atoms with Crippen molar-refractivity contribution in [1.82, 2.24) is 0 Å². The first-order chi connectivity index (χ1) is 51.5. The molecule has 12 aromatic rings. The summed E-state index contributed by atoms with van der Waals surface area (Å²) in [5, 5.41) is 8.87. The summed E-state index contributed by atoms with van der Waals surface area (Å²) in [7, 11) is 0. The van der Waals surface area contributed by atoms with Crippen LogP contribution in [0.2, 0.25) is 0 Å². The lowest BCUT2D eigenvalue weighted by atomic mass is 9.84. The SMILES string of the molecule is CCCCCCCCCCCCCc1ccc2c(c1)sc1c3ccc(CCCCCCCCCCCCC)cc3sc21.CCCCCCCCCc1ccc2c(c1)sc1c3ccc(CCCCCCCCC)cc3sc21.c1cc2c(cc1C1CCCCC1)sc1c3ccc(C4CCCCC4)cc3sc21. The minimum atomic E-state index is 0.799. The van der Waals surface area contributed by atoms with E-state index in [2.05, 4.69) is 137 Å². The summed E-state index contributed by atoms with van der Waals surface area (Å²) < 4.78 is 18.0. The second-order valence-corrected chi connectivity index (χ2v) is 38.7. The van der Waals surface area contributed by atoms with Gasteiger partial charge in [0.05, 0.1) is 28.2 Å². The molecule has 104 heavy (non-hydrogen) atoms. The van der Waals surface area contributed by atoms with Gasteiger partial charge in [-0.05, 0) is 159 Å². The first kappa shape index (κ1) is 79.4. The van der Waals surface area contributed by atoms with Crippen LogP contribution >= 0.6 is 68.0 Å². The van der Waals surface area contributed by atoms with Crippen LogP contribution in [0.25, 0.3) is 88.7 Å². The van der Waals surface area contributed by atoms with Crippen LogP contribution in [0.5, 0.6) is 0 Å². The Kier molecular flexibility index (Phi) is 33.1. The van der Waals surface area contributed by atoms with Crippen molar-refractivity contribution in [2.75, 3.05) is 0 Å². The zero-order valence-corrected chi connectivity index (χ0v) is 70.3. The molecular weight excluding hydrogens is 1370 g/mol. The summed E-state index contributed by atoms with van der Waals surface area (Å²) in [6.45, 7) is 9.19. The van der Waals surface area contributed by atoms with Gasteiger partial charge in [-0.1, -0.05) is 344 Å². The molecule has 2 saturated carbocycles. The second-order valence-electron chi connectivity index (χ2n) is 32.4. The molecule has 0 unspecified atom stereocenters. The molecule has 6 aromatic heterocycles. The standard InChI is InChI=1S/C40H60S2.C32H44S2.C26H28S2/c1-3-5-7-9-11-13-15-17-19-21-23-25-33-27-29-35-37(31-33)41-40-36-30-28-34(32-38(36)42-39(35)40)26-24-22-20-18-16-14-12-10-8-6-4-2;1-3-5-7-9-11-13-15-17-25-19-21-27-29(23-25)33-32-28-22-20-26(24-30(28)34-31(27)32)18-16-14-12-10-8-6-4-2;1-3-7-17(8-4-1)19-11-13-21-23(15-19)27-26-22-14-12-20(16-24(22)28-25(21)26)18-9-5-2-6-10-18/h27-32H,3-26H2,1-2H3;19-24H,3-18H2,1-2H3;11-18H,1-10H2. The first-order valence-corrected chi connectivity index (χ1v) is 48.5. The van der Waals surface area contributed by atoms with Crippen molar-refractivity contribution in [1.29, 1.82) is 0 Å². The fraction of sp³-hybridized carbons (Fsp3) is 0.571. The molecule has 14 rings (SSSR count). The molecule has 0 atom stereocenters. The average Bonchev–Trinajstić information content (AvgIpc) is 1.61. The van der Waals surface area contributed by atoms with E-state index in [4.69, 9.17) is 0 Å². The zero-order chi connectivity index (χ0) is 71.3. The van der Waals surface area contributed by atoms with Crippen LogP contribution in [-0.2, 0) is 25.7 Å². The maximum Gasteiger partial charge on any atom is 0.0542 e. The Morgan fingerprint density at radius 2 is 0.404 bits per heavy atom. The van der Waals surface area contributed by atoms with Crippen molar-refractivity contribution in [2.24, 2.45) is 0 Å². The number of fused-ring (bicyclic) bond motifs is 15. The molecule has 0 spiro atoms. The van der Waals surface area contributed by atoms with Crippen molar-refractivity contribution in [3.63, 3.8) is 0 Å². The van der Waals surface area contributed by atoms with E-state index in [1.807, 2.05) is 68.0 Å². The highest BCUT2D eigenvalue weighted by Crippen LogP contribution is 2.49. The van der Waals surface area contributed by atoms with Gasteiger partial charge >= 0.3 is 0 Å². The fourth-order valence-electron chi connectivity index (χ4n) is 17.5. The number of unbranched alkanes of at least 4 members (excludes halogenated alkanes) is 32. The van der Waals surface area contributed by atoms with E-state index in [1.165, 1.54) is 432 Å². The van der Waals surface area contributed by atoms with Crippen LogP contribution < -0.4 is 0 Å². The molecule has 0 radical (unpaired) electrons. The van der Waals surface area contributed by atoms with E-state index in [1.54, 1.807) is 11.1 Å². The maximum atomic E-state index is 2.52. The molecule has 2 aliphatic rings. The summed E-state index contributed by atoms with van der Waals surface area (Å²) in [6.07, 6.45) is 69.6. The number of rotatable bonds is 42. The van der Waals surface area contributed by atoms with Crippen LogP contribution in [0, 0.1) is 0 Å². The molecular formula is C98H132S6. The van der Waals surface area contributed by atoms with Gasteiger partial charge in [0.2, 0.25) is 0 Å². The molecule has 2 fully saturated rings. The molecule has 6 aromatic carbocycles. The molecule has 0 amide bonds. The Morgan fingerprint density at radius 3 is 0.625 bits per heavy atom. The summed E-state index contributed by atoms with van der Waals surface area (Å²) in [5.74, 6) is 1.60. The fourth-order valence-corrected chi connectivity index (χ4v) is 25.9. The predicted molar refractivity (Wildman–Crippen MR) is 480 cm³/mol. The Balaban J connectivity index is 0.000000149. The number of hydrogen-bond acceptors (Lipinski definition) is 6. The molecule has 6 heterocycles. The number of benzene rings is 6. The lowest BCUT2D eigenvalue weighted by Crippen LogP contribution is -2.03. The van der Waals surface area contributed by atoms with E-state index in [9.17, 15) is 0 Å². The average molecular weight is 1500 g/mol. The van der Waals surface area contributed by atoms with E-state index in [-0.39, 0.29) is 0 Å². The van der Waals surface area contributed by atoms with Crippen LogP contribution in [0.4, 0.5) is 0 Å². The summed E-state index contributed by atoms with van der Waals surface area (Å²) in [6, 6.07) is 43.9. The number of hydrogen-bond donors (Lipinski definition) is 0. The van der Waals surface area contributed by atoms with Gasteiger partial charge in [0.1, 0.15) is 0 Å². The van der Waals surface area contributed by atoms with Crippen LogP contribution in [0.15, 0.2) is 109 Å². The van der Waals surface area contributed by atoms with Crippen molar-refractivity contribution >= 4 is 157 Å². The van der Waals surface area contributed by atoms with Gasteiger partial charge < -0.3 is 0 Å². The molecule has 560 valence electrons. The number of aryl methyl sites for hydroxylation is 4. The van der Waals surface area contributed by atoms with E-state index in [0.29, 0.717) is 0 Å². The van der Waals surface area contributed by atoms with E-state index in [0.717, 1.165) is 11.8 Å². The lowest BCUT2D eigenvalue weighted by molar-refractivity contribution is 0.444. The lowest BCUT2D eigenvalue weighted by Gasteiger charge is -2.22. The Morgan fingerprint density at radius 1 is 0.212 bits per heavy atom. The van der Waals surface area contributed by atoms with Crippen LogP contribution in [0.3, 0.4) is 0 Å². The Hall–Kier alpha value is -4.14. The van der Waals surface area contributed by atoms with Crippen molar-refractivity contribution in [3.05, 3.63) is 143 Å². The Bertz CT molecular complexity index is 4170. The molecule has 0 N–H and O–H groups in total. The second kappa shape index (κ2) is 43.3. The van der Waals surface area contributed by atoms with Crippen molar-refractivity contribution in [2.45, 2.75) is 361 Å². The van der Waals surface area contributed by atoms with Gasteiger partial charge in [-0.2, -0.15) is 0 Å². The van der Waals surface area contributed by atoms with Gasteiger partial charge in [0.25, 0.3) is 0 Å². The van der Waals surface area contributed by atoms with E-state index >= 15 is 0 Å². The number of thiophene rings is 6. The van der Waals surface area contributed by atoms with Crippen molar-refractivity contribution < 1.29 is 0 Å². The minimum Gasteiger partial charge on any atom is -0.134 e. The third-order valence-electron chi connectivity index (χ3n) is 24.0. The van der Waals surface area contributed by atoms with E-state index < -0.39 is 0 Å². The van der Waals surface area contributed by atoms with Gasteiger partial charge in [0.15, 0.2) is 0 Å². The summed E-state index contributed by atoms with van der Waals surface area (Å²) >= 11 is 12.1. The highest BCUT2D eigenvalue weighted by atomic mass is 32.1. The predicted octanol–water partition coefficient (Wildman–Crippen LogP) is 36.2. The monoisotopic (exact) mass is 1500 g/mol. The molecule has 6 heteroatoms. The minimum absolute atomic E-state index is 0.799. The van der Waals surface area contributed by atoms with Gasteiger partial charge in [0, 0.05) is 60.5 Å². The Labute approximate surface area is 654 Å². The smallest absolute Gasteiger partial charge is 0.0542 e. The maximum absolute atomic E-state index is 2.52. The van der Waals surface area contributed by atoms with Crippen molar-refractivity contribution in [3.8, 4) is 0 Å². The summed E-state index contributed by atoms with van der Waals surface area (Å²) in [4.78, 5) is 0. The normalized spacial score (nSPS) is 14.1. The zero-order valence-electron chi connectivity index (χ0n) is 65.4.